The number of aryl methyl sites for hydroxylation is 1. The molecule has 2 aromatic rings. The Hall–Kier alpha value is -2.53. The van der Waals surface area contributed by atoms with Crippen molar-refractivity contribution in [2.24, 2.45) is 0 Å². The summed E-state index contributed by atoms with van der Waals surface area (Å²) in [7, 11) is 0. The lowest BCUT2D eigenvalue weighted by molar-refractivity contribution is -0.143. The maximum absolute atomic E-state index is 13.1. The number of carbonyl (C=O) groups is 2. The highest BCUT2D eigenvalue weighted by atomic mass is 35.5. The number of ether oxygens (including phenoxy) is 1. The zero-order valence-electron chi connectivity index (χ0n) is 17.4. The summed E-state index contributed by atoms with van der Waals surface area (Å²) < 4.78 is 5.64. The second-order valence-corrected chi connectivity index (χ2v) is 7.72. The normalized spacial score (nSPS) is 11.8. The molecule has 0 bridgehead atoms. The number of nitrogens with zero attached hydrogens (tertiary/aromatic N) is 1. The first-order valence-corrected chi connectivity index (χ1v) is 10.2. The van der Waals surface area contributed by atoms with E-state index in [0.717, 1.165) is 11.1 Å². The summed E-state index contributed by atoms with van der Waals surface area (Å²) in [6.45, 7) is 7.84. The number of para-hydroxylation sites is 1. The summed E-state index contributed by atoms with van der Waals surface area (Å²) in [6, 6.07) is 14.3. The molecule has 0 saturated carbocycles. The summed E-state index contributed by atoms with van der Waals surface area (Å²) in [5.41, 5.74) is 2.06. The van der Waals surface area contributed by atoms with Crippen LogP contribution < -0.4 is 10.1 Å². The van der Waals surface area contributed by atoms with Gasteiger partial charge in [0.25, 0.3) is 5.91 Å². The molecule has 156 valence electrons. The number of hydrogen-bond acceptors (Lipinski definition) is 3. The Bertz CT molecular complexity index is 838. The van der Waals surface area contributed by atoms with Crippen molar-refractivity contribution in [3.05, 3.63) is 64.7 Å². The van der Waals surface area contributed by atoms with Crippen LogP contribution in [0.5, 0.6) is 5.75 Å². The van der Waals surface area contributed by atoms with Gasteiger partial charge < -0.3 is 15.0 Å². The lowest BCUT2D eigenvalue weighted by Crippen LogP contribution is -2.51. The van der Waals surface area contributed by atoms with Crippen molar-refractivity contribution in [2.45, 2.75) is 52.7 Å². The SMILES string of the molecule is CCC(C(=O)NC(C)C)N(Cc1cccc(C)c1)C(=O)COc1ccccc1Cl. The van der Waals surface area contributed by atoms with Gasteiger partial charge in [0.15, 0.2) is 6.61 Å². The van der Waals surface area contributed by atoms with Crippen molar-refractivity contribution < 1.29 is 14.3 Å². The van der Waals surface area contributed by atoms with E-state index < -0.39 is 6.04 Å². The summed E-state index contributed by atoms with van der Waals surface area (Å²) >= 11 is 6.12. The van der Waals surface area contributed by atoms with Gasteiger partial charge in [-0.1, -0.05) is 60.5 Å². The molecular formula is C23H29ClN2O3. The molecule has 0 heterocycles. The molecule has 2 rings (SSSR count). The number of benzene rings is 2. The van der Waals surface area contributed by atoms with Crippen molar-refractivity contribution >= 4 is 23.4 Å². The van der Waals surface area contributed by atoms with Gasteiger partial charge in [-0.3, -0.25) is 9.59 Å². The summed E-state index contributed by atoms with van der Waals surface area (Å²) in [4.78, 5) is 27.4. The highest BCUT2D eigenvalue weighted by Crippen LogP contribution is 2.23. The Kier molecular flexibility index (Phi) is 8.52. The fraction of sp³-hybridized carbons (Fsp3) is 0.391. The second-order valence-electron chi connectivity index (χ2n) is 7.32. The third kappa shape index (κ3) is 6.79. The van der Waals surface area contributed by atoms with Crippen molar-refractivity contribution in [3.8, 4) is 5.75 Å². The molecular weight excluding hydrogens is 388 g/mol. The molecule has 5 nitrogen and oxygen atoms in total. The lowest BCUT2D eigenvalue weighted by Gasteiger charge is -2.31. The second kappa shape index (κ2) is 10.9. The predicted molar refractivity (Wildman–Crippen MR) is 116 cm³/mol. The highest BCUT2D eigenvalue weighted by molar-refractivity contribution is 6.32. The van der Waals surface area contributed by atoms with Crippen molar-refractivity contribution in [3.63, 3.8) is 0 Å². The minimum absolute atomic E-state index is 0.00755. The molecule has 2 aromatic carbocycles. The molecule has 29 heavy (non-hydrogen) atoms. The van der Waals surface area contributed by atoms with E-state index >= 15 is 0 Å². The van der Waals surface area contributed by atoms with Gasteiger partial charge in [0, 0.05) is 12.6 Å². The Labute approximate surface area is 178 Å². The molecule has 0 aromatic heterocycles. The molecule has 0 spiro atoms. The van der Waals surface area contributed by atoms with E-state index in [0.29, 0.717) is 23.7 Å². The van der Waals surface area contributed by atoms with Gasteiger partial charge in [-0.25, -0.2) is 0 Å². The zero-order valence-corrected chi connectivity index (χ0v) is 18.2. The van der Waals surface area contributed by atoms with Crippen LogP contribution in [0.2, 0.25) is 5.02 Å². The van der Waals surface area contributed by atoms with Crippen molar-refractivity contribution in [2.75, 3.05) is 6.61 Å². The summed E-state index contributed by atoms with van der Waals surface area (Å²) in [6.07, 6.45) is 0.502. The maximum Gasteiger partial charge on any atom is 0.261 e. The smallest absolute Gasteiger partial charge is 0.261 e. The number of carbonyl (C=O) groups excluding carboxylic acids is 2. The number of amides is 2. The number of halogens is 1. The Balaban J connectivity index is 2.23. The third-order valence-electron chi connectivity index (χ3n) is 4.44. The molecule has 0 radical (unpaired) electrons. The van der Waals surface area contributed by atoms with Crippen LogP contribution in [0, 0.1) is 6.92 Å². The standard InChI is InChI=1S/C23H29ClN2O3/c1-5-20(23(28)25-16(2)3)26(14-18-10-8-9-17(4)13-18)22(27)15-29-21-12-7-6-11-19(21)24/h6-13,16,20H,5,14-15H2,1-4H3,(H,25,28). The first kappa shape index (κ1) is 22.8. The van der Waals surface area contributed by atoms with Crippen molar-refractivity contribution in [1.82, 2.24) is 10.2 Å². The van der Waals surface area contributed by atoms with Crippen LogP contribution in [0.25, 0.3) is 0 Å². The van der Waals surface area contributed by atoms with Crippen LogP contribution in [0.4, 0.5) is 0 Å². The topological polar surface area (TPSA) is 58.6 Å². The van der Waals surface area contributed by atoms with Gasteiger partial charge in [0.2, 0.25) is 5.91 Å². The molecule has 0 saturated heterocycles. The molecule has 1 unspecified atom stereocenters. The third-order valence-corrected chi connectivity index (χ3v) is 4.75. The number of rotatable bonds is 9. The molecule has 0 aliphatic heterocycles. The van der Waals surface area contributed by atoms with Crippen LogP contribution in [0.3, 0.4) is 0 Å². The van der Waals surface area contributed by atoms with Gasteiger partial charge in [-0.2, -0.15) is 0 Å². The number of hydrogen-bond donors (Lipinski definition) is 1. The summed E-state index contributed by atoms with van der Waals surface area (Å²) in [5, 5.41) is 3.35. The van der Waals surface area contributed by atoms with E-state index in [1.807, 2.05) is 52.0 Å². The molecule has 6 heteroatoms. The van der Waals surface area contributed by atoms with Crippen LogP contribution in [-0.2, 0) is 16.1 Å². The van der Waals surface area contributed by atoms with Gasteiger partial charge in [0.1, 0.15) is 11.8 Å². The van der Waals surface area contributed by atoms with E-state index in [-0.39, 0.29) is 24.5 Å². The van der Waals surface area contributed by atoms with Gasteiger partial charge in [-0.15, -0.1) is 0 Å². The average molecular weight is 417 g/mol. The number of nitrogens with one attached hydrogen (secondary N) is 1. The molecule has 0 aliphatic rings. The van der Waals surface area contributed by atoms with Crippen LogP contribution in [-0.4, -0.2) is 35.4 Å². The van der Waals surface area contributed by atoms with Crippen LogP contribution >= 0.6 is 11.6 Å². The van der Waals surface area contributed by atoms with E-state index in [2.05, 4.69) is 5.32 Å². The molecule has 2 amide bonds. The first-order valence-electron chi connectivity index (χ1n) is 9.84. The Morgan fingerprint density at radius 3 is 2.48 bits per heavy atom. The average Bonchev–Trinajstić information content (AvgIpc) is 2.66. The van der Waals surface area contributed by atoms with Gasteiger partial charge in [-0.05, 0) is 44.9 Å². The Morgan fingerprint density at radius 2 is 1.86 bits per heavy atom. The fourth-order valence-electron chi connectivity index (χ4n) is 3.09. The molecule has 0 fully saturated rings. The van der Waals surface area contributed by atoms with E-state index in [4.69, 9.17) is 16.3 Å². The van der Waals surface area contributed by atoms with E-state index in [1.165, 1.54) is 0 Å². The monoisotopic (exact) mass is 416 g/mol. The van der Waals surface area contributed by atoms with Crippen LogP contribution in [0.15, 0.2) is 48.5 Å². The van der Waals surface area contributed by atoms with Crippen LogP contribution in [0.1, 0.15) is 38.3 Å². The first-order chi connectivity index (χ1) is 13.8. The van der Waals surface area contributed by atoms with E-state index in [9.17, 15) is 9.59 Å². The molecule has 1 atom stereocenters. The fourth-order valence-corrected chi connectivity index (χ4v) is 3.28. The quantitative estimate of drug-likeness (QED) is 0.660. The van der Waals surface area contributed by atoms with Gasteiger partial charge in [0.05, 0.1) is 5.02 Å². The Morgan fingerprint density at radius 1 is 1.14 bits per heavy atom. The maximum atomic E-state index is 13.1. The molecule has 1 N–H and O–H groups in total. The van der Waals surface area contributed by atoms with Crippen molar-refractivity contribution in [1.29, 1.82) is 0 Å². The minimum Gasteiger partial charge on any atom is -0.482 e. The summed E-state index contributed by atoms with van der Waals surface area (Å²) in [5.74, 6) is 0.0103. The van der Waals surface area contributed by atoms with E-state index in [1.54, 1.807) is 29.2 Å². The highest BCUT2D eigenvalue weighted by Gasteiger charge is 2.29. The largest absolute Gasteiger partial charge is 0.482 e. The zero-order chi connectivity index (χ0) is 21.4. The molecule has 0 aliphatic carbocycles. The predicted octanol–water partition coefficient (Wildman–Crippen LogP) is 4.36. The minimum atomic E-state index is -0.583. The lowest BCUT2D eigenvalue weighted by atomic mass is 10.1. The van der Waals surface area contributed by atoms with Gasteiger partial charge >= 0.3 is 0 Å².